The molecule has 0 unspecified atom stereocenters. The number of rotatable bonds is 7. The number of hydrogen-bond donors (Lipinski definition) is 0. The maximum atomic E-state index is 13.0. The van der Waals surface area contributed by atoms with Crippen molar-refractivity contribution in [2.24, 2.45) is 12.0 Å². The maximum absolute atomic E-state index is 13.0. The number of halogens is 1. The minimum atomic E-state index is -3.60. The molecular weight excluding hydrogens is 443 g/mol. The largest absolute Gasteiger partial charge is 0.462 e. The van der Waals surface area contributed by atoms with Gasteiger partial charge in [-0.3, -0.25) is 4.79 Å². The van der Waals surface area contributed by atoms with E-state index in [4.69, 9.17) is 4.74 Å². The van der Waals surface area contributed by atoms with E-state index in [9.17, 15) is 22.4 Å². The molecule has 0 aliphatic heterocycles. The summed E-state index contributed by atoms with van der Waals surface area (Å²) in [6.45, 7) is 2.01. The molecule has 0 radical (unpaired) electrons. The number of esters is 1. The lowest BCUT2D eigenvalue weighted by Gasteiger charge is -2.03. The maximum Gasteiger partial charge on any atom is 0.338 e. The van der Waals surface area contributed by atoms with E-state index in [2.05, 4.69) is 4.99 Å². The van der Waals surface area contributed by atoms with Crippen molar-refractivity contribution in [3.05, 3.63) is 58.6 Å². The fraction of sp³-hybridized carbons (Fsp3) is 0.286. The molecule has 0 spiro atoms. The van der Waals surface area contributed by atoms with Crippen LogP contribution in [0.1, 0.15) is 30.1 Å². The molecule has 31 heavy (non-hydrogen) atoms. The van der Waals surface area contributed by atoms with Gasteiger partial charge in [0.15, 0.2) is 14.6 Å². The standard InChI is InChI=1S/C21H21FN2O5S2/c1-3-29-20(26)14-6-11-17-18(13-14)30-21(24(17)2)23-19(25)5-4-12-31(27,28)16-9-7-15(22)8-10-16/h6-11,13H,3-5,12H2,1-2H3. The van der Waals surface area contributed by atoms with Crippen LogP contribution in [0.5, 0.6) is 0 Å². The first-order valence-electron chi connectivity index (χ1n) is 9.54. The van der Waals surface area contributed by atoms with Gasteiger partial charge in [0.25, 0.3) is 0 Å². The molecule has 1 amide bonds. The molecule has 3 rings (SSSR count). The van der Waals surface area contributed by atoms with Crippen LogP contribution in [-0.4, -0.2) is 37.2 Å². The van der Waals surface area contributed by atoms with Crippen molar-refractivity contribution in [3.63, 3.8) is 0 Å². The lowest BCUT2D eigenvalue weighted by atomic mass is 10.2. The SMILES string of the molecule is CCOC(=O)c1ccc2c(c1)sc(=NC(=O)CCCS(=O)(=O)c1ccc(F)cc1)n2C. The number of fused-ring (bicyclic) bond motifs is 1. The van der Waals surface area contributed by atoms with E-state index in [1.54, 1.807) is 36.7 Å². The van der Waals surface area contributed by atoms with Gasteiger partial charge in [-0.05, 0) is 55.8 Å². The van der Waals surface area contributed by atoms with Crippen molar-refractivity contribution in [1.82, 2.24) is 4.57 Å². The Hall–Kier alpha value is -2.85. The highest BCUT2D eigenvalue weighted by atomic mass is 32.2. The molecule has 3 aromatic rings. The minimum absolute atomic E-state index is 0.0200. The van der Waals surface area contributed by atoms with Crippen molar-refractivity contribution in [3.8, 4) is 0 Å². The molecule has 1 aromatic heterocycles. The molecule has 0 aliphatic carbocycles. The van der Waals surface area contributed by atoms with Crippen molar-refractivity contribution < 1.29 is 27.1 Å². The van der Waals surface area contributed by atoms with Crippen LogP contribution in [-0.2, 0) is 26.4 Å². The van der Waals surface area contributed by atoms with Crippen LogP contribution < -0.4 is 4.80 Å². The van der Waals surface area contributed by atoms with Gasteiger partial charge in [-0.2, -0.15) is 4.99 Å². The third-order valence-electron chi connectivity index (χ3n) is 4.52. The Labute approximate surface area is 182 Å². The summed E-state index contributed by atoms with van der Waals surface area (Å²) in [4.78, 5) is 28.7. The van der Waals surface area contributed by atoms with E-state index >= 15 is 0 Å². The summed E-state index contributed by atoms with van der Waals surface area (Å²) >= 11 is 1.25. The predicted molar refractivity (Wildman–Crippen MR) is 115 cm³/mol. The fourth-order valence-electron chi connectivity index (χ4n) is 2.92. The summed E-state index contributed by atoms with van der Waals surface area (Å²) in [5.41, 5.74) is 1.23. The van der Waals surface area contributed by atoms with E-state index in [1.807, 2.05) is 0 Å². The lowest BCUT2D eigenvalue weighted by Crippen LogP contribution is -2.14. The summed E-state index contributed by atoms with van der Waals surface area (Å²) in [6.07, 6.45) is 0.0619. The number of sulfone groups is 1. The zero-order valence-corrected chi connectivity index (χ0v) is 18.6. The number of thiazole rings is 1. The summed E-state index contributed by atoms with van der Waals surface area (Å²) in [5, 5.41) is 0. The summed E-state index contributed by atoms with van der Waals surface area (Å²) in [6, 6.07) is 9.69. The number of aryl methyl sites for hydroxylation is 1. The molecule has 0 saturated heterocycles. The molecule has 1 heterocycles. The van der Waals surface area contributed by atoms with E-state index in [-0.39, 0.29) is 30.1 Å². The third-order valence-corrected chi connectivity index (χ3v) is 7.43. The molecule has 0 bridgehead atoms. The molecule has 7 nitrogen and oxygen atoms in total. The summed E-state index contributed by atoms with van der Waals surface area (Å²) in [7, 11) is -1.84. The van der Waals surface area contributed by atoms with Gasteiger partial charge in [0.2, 0.25) is 5.91 Å². The van der Waals surface area contributed by atoms with Crippen LogP contribution in [0.2, 0.25) is 0 Å². The monoisotopic (exact) mass is 464 g/mol. The highest BCUT2D eigenvalue weighted by Crippen LogP contribution is 2.19. The summed E-state index contributed by atoms with van der Waals surface area (Å²) < 4.78 is 45.1. The average molecular weight is 465 g/mol. The van der Waals surface area contributed by atoms with E-state index in [0.29, 0.717) is 10.4 Å². The third kappa shape index (κ3) is 5.45. The number of aromatic nitrogens is 1. The highest BCUT2D eigenvalue weighted by molar-refractivity contribution is 7.91. The Morgan fingerprint density at radius 2 is 1.87 bits per heavy atom. The fourth-order valence-corrected chi connectivity index (χ4v) is 5.30. The second-order valence-electron chi connectivity index (χ2n) is 6.73. The Morgan fingerprint density at radius 1 is 1.16 bits per heavy atom. The highest BCUT2D eigenvalue weighted by Gasteiger charge is 2.15. The van der Waals surface area contributed by atoms with Crippen LogP contribution in [0.4, 0.5) is 4.39 Å². The normalized spacial score (nSPS) is 12.3. The van der Waals surface area contributed by atoms with E-state index in [1.165, 1.54) is 23.5 Å². The number of amides is 1. The van der Waals surface area contributed by atoms with E-state index < -0.39 is 27.5 Å². The Morgan fingerprint density at radius 3 is 2.55 bits per heavy atom. The molecule has 0 aliphatic rings. The average Bonchev–Trinajstić information content (AvgIpc) is 3.03. The molecule has 164 valence electrons. The Kier molecular flexibility index (Phi) is 7.01. The summed E-state index contributed by atoms with van der Waals surface area (Å²) in [5.74, 6) is -1.61. The van der Waals surface area contributed by atoms with Gasteiger partial charge in [0.05, 0.1) is 33.0 Å². The van der Waals surface area contributed by atoms with Crippen LogP contribution >= 0.6 is 11.3 Å². The van der Waals surface area contributed by atoms with Crippen LogP contribution in [0, 0.1) is 5.82 Å². The molecule has 10 heteroatoms. The number of benzene rings is 2. The number of nitrogens with zero attached hydrogens (tertiary/aromatic N) is 2. The lowest BCUT2D eigenvalue weighted by molar-refractivity contribution is -0.118. The first-order chi connectivity index (χ1) is 14.7. The first kappa shape index (κ1) is 22.8. The molecule has 2 aromatic carbocycles. The van der Waals surface area contributed by atoms with Gasteiger partial charge >= 0.3 is 5.97 Å². The number of ether oxygens (including phenoxy) is 1. The quantitative estimate of drug-likeness (QED) is 0.395. The zero-order valence-electron chi connectivity index (χ0n) is 17.0. The van der Waals surface area contributed by atoms with Crippen molar-refractivity contribution in [1.29, 1.82) is 0 Å². The second kappa shape index (κ2) is 9.52. The van der Waals surface area contributed by atoms with Crippen LogP contribution in [0.3, 0.4) is 0 Å². The zero-order chi connectivity index (χ0) is 22.6. The molecule has 0 fully saturated rings. The van der Waals surface area contributed by atoms with Crippen molar-refractivity contribution >= 4 is 43.3 Å². The van der Waals surface area contributed by atoms with Gasteiger partial charge in [0, 0.05) is 13.5 Å². The van der Waals surface area contributed by atoms with Gasteiger partial charge < -0.3 is 9.30 Å². The number of carbonyl (C=O) groups is 2. The Balaban J connectivity index is 1.71. The smallest absolute Gasteiger partial charge is 0.338 e. The van der Waals surface area contributed by atoms with Crippen LogP contribution in [0.25, 0.3) is 10.2 Å². The number of hydrogen-bond acceptors (Lipinski definition) is 6. The van der Waals surface area contributed by atoms with Crippen molar-refractivity contribution in [2.75, 3.05) is 12.4 Å². The van der Waals surface area contributed by atoms with Gasteiger partial charge in [-0.25, -0.2) is 17.6 Å². The van der Waals surface area contributed by atoms with Gasteiger partial charge in [-0.1, -0.05) is 11.3 Å². The molecular formula is C21H21FN2O5S2. The number of carbonyl (C=O) groups excluding carboxylic acids is 2. The van der Waals surface area contributed by atoms with Gasteiger partial charge in [-0.15, -0.1) is 0 Å². The minimum Gasteiger partial charge on any atom is -0.462 e. The predicted octanol–water partition coefficient (Wildman–Crippen LogP) is 3.24. The second-order valence-corrected chi connectivity index (χ2v) is 9.85. The Bertz CT molecular complexity index is 1290. The molecule has 0 atom stereocenters. The first-order valence-corrected chi connectivity index (χ1v) is 12.0. The topological polar surface area (TPSA) is 94.8 Å². The van der Waals surface area contributed by atoms with Crippen LogP contribution in [0.15, 0.2) is 52.4 Å². The van der Waals surface area contributed by atoms with Crippen molar-refractivity contribution in [2.45, 2.75) is 24.7 Å². The van der Waals surface area contributed by atoms with E-state index in [0.717, 1.165) is 22.3 Å². The van der Waals surface area contributed by atoms with Gasteiger partial charge in [0.1, 0.15) is 5.82 Å². The molecule has 0 N–H and O–H groups in total. The molecule has 0 saturated carbocycles.